The van der Waals surface area contributed by atoms with E-state index in [2.05, 4.69) is 15.9 Å². The Hall–Kier alpha value is -4.47. The van der Waals surface area contributed by atoms with E-state index in [1.54, 1.807) is 18.6 Å². The number of ether oxygens (including phenoxy) is 2. The number of esters is 1. The first kappa shape index (κ1) is 29.6. The van der Waals surface area contributed by atoms with Crippen LogP contribution in [0.5, 0.6) is 5.75 Å². The summed E-state index contributed by atoms with van der Waals surface area (Å²) in [4.78, 5) is 35.8. The number of rotatable bonds is 7. The minimum absolute atomic E-state index is 0.173. The zero-order valence-corrected chi connectivity index (χ0v) is 27.1. The van der Waals surface area contributed by atoms with E-state index in [1.807, 2.05) is 110 Å². The summed E-state index contributed by atoms with van der Waals surface area (Å²) in [5, 5.41) is 1.82. The lowest BCUT2D eigenvalue weighted by molar-refractivity contribution is -0.138. The molecule has 7 nitrogen and oxygen atoms in total. The number of benzene rings is 4. The topological polar surface area (TPSA) is 73.1 Å². The Bertz CT molecular complexity index is 2120. The minimum Gasteiger partial charge on any atom is -0.496 e. The second-order valence-corrected chi connectivity index (χ2v) is 12.3. The third-order valence-electron chi connectivity index (χ3n) is 7.55. The van der Waals surface area contributed by atoms with Crippen molar-refractivity contribution in [3.63, 3.8) is 0 Å². The Balaban J connectivity index is 1.71. The number of carbonyl (C=O) groups is 1. The van der Waals surface area contributed by atoms with Gasteiger partial charge in [0.2, 0.25) is 0 Å². The second kappa shape index (κ2) is 12.3. The van der Waals surface area contributed by atoms with Crippen LogP contribution in [0.3, 0.4) is 0 Å². The maximum atomic E-state index is 14.4. The van der Waals surface area contributed by atoms with Crippen LogP contribution < -0.4 is 24.5 Å². The molecule has 1 aromatic heterocycles. The summed E-state index contributed by atoms with van der Waals surface area (Å²) in [7, 11) is 5.55. The van der Waals surface area contributed by atoms with Crippen molar-refractivity contribution in [3.05, 3.63) is 131 Å². The predicted molar refractivity (Wildman–Crippen MR) is 180 cm³/mol. The van der Waals surface area contributed by atoms with Gasteiger partial charge in [-0.05, 0) is 63.5 Å². The van der Waals surface area contributed by atoms with Crippen LogP contribution in [0.4, 0.5) is 5.69 Å². The second-order valence-electron chi connectivity index (χ2n) is 10.4. The number of hydrogen-bond acceptors (Lipinski definition) is 7. The summed E-state index contributed by atoms with van der Waals surface area (Å²) >= 11 is 4.95. The molecule has 0 saturated carbocycles. The van der Waals surface area contributed by atoms with Crippen LogP contribution in [0.15, 0.2) is 105 Å². The van der Waals surface area contributed by atoms with Crippen LogP contribution in [-0.2, 0) is 9.53 Å². The molecule has 0 spiro atoms. The van der Waals surface area contributed by atoms with Crippen molar-refractivity contribution in [1.82, 2.24) is 4.57 Å². The standard InChI is InChI=1S/C35H30BrN3O4S/c1-5-43-34(41)30-31(23-12-7-6-8-13-23)37-35-39(32(30)29-24-14-10-9-11-22(24)16-18-27(29)42-4)33(40)28(44-35)20-21-15-17-26(38(2)3)25(36)19-21/h6-20,32H,5H2,1-4H3/b28-20-/t32-/m0/s1. The molecular formula is C35H30BrN3O4S. The predicted octanol–water partition coefficient (Wildman–Crippen LogP) is 5.93. The van der Waals surface area contributed by atoms with Gasteiger partial charge >= 0.3 is 5.97 Å². The van der Waals surface area contributed by atoms with Crippen molar-refractivity contribution < 1.29 is 14.3 Å². The molecule has 6 rings (SSSR count). The number of carbonyl (C=O) groups excluding carboxylic acids is 1. The van der Waals surface area contributed by atoms with E-state index in [0.29, 0.717) is 26.3 Å². The van der Waals surface area contributed by atoms with Gasteiger partial charge in [0.15, 0.2) is 4.80 Å². The summed E-state index contributed by atoms with van der Waals surface area (Å²) in [6, 6.07) is 26.4. The maximum absolute atomic E-state index is 14.4. The average Bonchev–Trinajstić information content (AvgIpc) is 3.34. The molecule has 0 fully saturated rings. The maximum Gasteiger partial charge on any atom is 0.338 e. The van der Waals surface area contributed by atoms with Gasteiger partial charge in [0.05, 0.1) is 35.2 Å². The highest BCUT2D eigenvalue weighted by atomic mass is 79.9. The van der Waals surface area contributed by atoms with Crippen LogP contribution in [0, 0.1) is 0 Å². The van der Waals surface area contributed by atoms with Gasteiger partial charge in [0, 0.05) is 29.7 Å². The van der Waals surface area contributed by atoms with E-state index in [1.165, 1.54) is 11.3 Å². The number of fused-ring (bicyclic) bond motifs is 2. The third-order valence-corrected chi connectivity index (χ3v) is 9.17. The van der Waals surface area contributed by atoms with Gasteiger partial charge in [-0.15, -0.1) is 0 Å². The highest BCUT2D eigenvalue weighted by molar-refractivity contribution is 9.10. The highest BCUT2D eigenvalue weighted by Gasteiger charge is 2.37. The fourth-order valence-electron chi connectivity index (χ4n) is 5.58. The van der Waals surface area contributed by atoms with Crippen molar-refractivity contribution in [2.75, 3.05) is 32.7 Å². The molecule has 0 amide bonds. The molecule has 2 heterocycles. The van der Waals surface area contributed by atoms with Crippen LogP contribution in [0.1, 0.15) is 29.7 Å². The molecule has 0 unspecified atom stereocenters. The number of methoxy groups -OCH3 is 1. The Labute approximate surface area is 267 Å². The molecule has 222 valence electrons. The molecule has 1 aliphatic rings. The molecule has 1 aliphatic heterocycles. The fourth-order valence-corrected chi connectivity index (χ4v) is 7.33. The van der Waals surface area contributed by atoms with Crippen LogP contribution >= 0.6 is 27.3 Å². The van der Waals surface area contributed by atoms with Crippen molar-refractivity contribution in [1.29, 1.82) is 0 Å². The SMILES string of the molecule is CCOC(=O)C1=C(c2ccccc2)N=c2s/c(=C\c3ccc(N(C)C)c(Br)c3)c(=O)n2[C@H]1c1c(OC)ccc2ccccc12. The van der Waals surface area contributed by atoms with E-state index >= 15 is 0 Å². The van der Waals surface area contributed by atoms with Crippen LogP contribution in [0.2, 0.25) is 0 Å². The van der Waals surface area contributed by atoms with E-state index in [4.69, 9.17) is 14.5 Å². The summed E-state index contributed by atoms with van der Waals surface area (Å²) in [5.74, 6) is 0.0233. The van der Waals surface area contributed by atoms with Crippen molar-refractivity contribution in [3.8, 4) is 5.75 Å². The molecule has 0 radical (unpaired) electrons. The van der Waals surface area contributed by atoms with Gasteiger partial charge in [-0.2, -0.15) is 0 Å². The first-order valence-corrected chi connectivity index (χ1v) is 15.7. The molecule has 44 heavy (non-hydrogen) atoms. The lowest BCUT2D eigenvalue weighted by Crippen LogP contribution is -2.40. The molecular weight excluding hydrogens is 638 g/mol. The minimum atomic E-state index is -0.855. The zero-order valence-electron chi connectivity index (χ0n) is 24.7. The average molecular weight is 669 g/mol. The Kier molecular flexibility index (Phi) is 8.25. The Morgan fingerprint density at radius 3 is 2.50 bits per heavy atom. The lowest BCUT2D eigenvalue weighted by Gasteiger charge is -2.28. The van der Waals surface area contributed by atoms with Gasteiger partial charge in [0.1, 0.15) is 11.8 Å². The summed E-state index contributed by atoms with van der Waals surface area (Å²) in [6.45, 7) is 1.94. The van der Waals surface area contributed by atoms with Gasteiger partial charge in [-0.3, -0.25) is 9.36 Å². The molecule has 0 bridgehead atoms. The quantitative estimate of drug-likeness (QED) is 0.201. The van der Waals surface area contributed by atoms with Gasteiger partial charge in [-0.25, -0.2) is 9.79 Å². The van der Waals surface area contributed by atoms with Gasteiger partial charge < -0.3 is 14.4 Å². The molecule has 1 atom stereocenters. The molecule has 4 aromatic carbocycles. The number of nitrogens with zero attached hydrogens (tertiary/aromatic N) is 3. The monoisotopic (exact) mass is 667 g/mol. The smallest absolute Gasteiger partial charge is 0.338 e. The molecule has 0 N–H and O–H groups in total. The number of anilines is 1. The summed E-state index contributed by atoms with van der Waals surface area (Å²) in [6.07, 6.45) is 1.86. The van der Waals surface area contributed by atoms with Crippen LogP contribution in [-0.4, -0.2) is 38.3 Å². The summed E-state index contributed by atoms with van der Waals surface area (Å²) < 4.78 is 14.6. The van der Waals surface area contributed by atoms with Crippen molar-refractivity contribution in [2.45, 2.75) is 13.0 Å². The van der Waals surface area contributed by atoms with Crippen molar-refractivity contribution >= 4 is 61.5 Å². The van der Waals surface area contributed by atoms with Gasteiger partial charge in [-0.1, -0.05) is 78.1 Å². The molecule has 0 saturated heterocycles. The number of halogens is 1. The highest BCUT2D eigenvalue weighted by Crippen LogP contribution is 2.42. The Morgan fingerprint density at radius 1 is 1.05 bits per heavy atom. The first-order chi connectivity index (χ1) is 21.3. The van der Waals surface area contributed by atoms with E-state index < -0.39 is 12.0 Å². The third kappa shape index (κ3) is 5.27. The van der Waals surface area contributed by atoms with Crippen molar-refractivity contribution in [2.24, 2.45) is 4.99 Å². The van der Waals surface area contributed by atoms with E-state index in [9.17, 15) is 9.59 Å². The van der Waals surface area contributed by atoms with Crippen LogP contribution in [0.25, 0.3) is 22.5 Å². The number of hydrogen-bond donors (Lipinski definition) is 0. The number of aromatic nitrogens is 1. The fraction of sp³-hybridized carbons (Fsp3) is 0.171. The number of thiazole rings is 1. The van der Waals surface area contributed by atoms with E-state index in [0.717, 1.165) is 32.1 Å². The molecule has 9 heteroatoms. The summed E-state index contributed by atoms with van der Waals surface area (Å²) in [5.41, 5.74) is 3.83. The normalized spacial score (nSPS) is 14.8. The largest absolute Gasteiger partial charge is 0.496 e. The zero-order chi connectivity index (χ0) is 31.0. The van der Waals surface area contributed by atoms with E-state index in [-0.39, 0.29) is 17.7 Å². The molecule has 0 aliphatic carbocycles. The first-order valence-electron chi connectivity index (χ1n) is 14.1. The lowest BCUT2D eigenvalue weighted by atomic mass is 9.89. The Morgan fingerprint density at radius 2 is 1.80 bits per heavy atom. The van der Waals surface area contributed by atoms with Gasteiger partial charge in [0.25, 0.3) is 5.56 Å². The molecule has 5 aromatic rings.